The number of nitrogens with zero attached hydrogens (tertiary/aromatic N) is 3. The van der Waals surface area contributed by atoms with E-state index in [1.165, 1.54) is 6.20 Å². The van der Waals surface area contributed by atoms with Crippen LogP contribution in [0.3, 0.4) is 0 Å². The van der Waals surface area contributed by atoms with Crippen LogP contribution < -0.4 is 11.1 Å². The van der Waals surface area contributed by atoms with Crippen LogP contribution in [0.2, 0.25) is 0 Å². The first-order valence-corrected chi connectivity index (χ1v) is 11.2. The van der Waals surface area contributed by atoms with Crippen molar-refractivity contribution in [2.45, 2.75) is 43.7 Å². The monoisotopic (exact) mass is 427 g/mol. The second-order valence-electron chi connectivity index (χ2n) is 9.88. The van der Waals surface area contributed by atoms with Gasteiger partial charge in [0.2, 0.25) is 0 Å². The fourth-order valence-electron chi connectivity index (χ4n) is 6.69. The van der Waals surface area contributed by atoms with Crippen molar-refractivity contribution >= 4 is 22.8 Å². The summed E-state index contributed by atoms with van der Waals surface area (Å²) in [6.07, 6.45) is 8.26. The van der Waals surface area contributed by atoms with E-state index in [1.54, 1.807) is 10.6 Å². The molecule has 4 bridgehead atoms. The maximum Gasteiger partial charge on any atom is 0.252 e. The zero-order valence-corrected chi connectivity index (χ0v) is 17.7. The smallest absolute Gasteiger partial charge is 0.252 e. The number of aromatic nitrogens is 2. The Kier molecular flexibility index (Phi) is 4.11. The van der Waals surface area contributed by atoms with E-state index in [0.717, 1.165) is 48.7 Å². The Bertz CT molecular complexity index is 1270. The zero-order chi connectivity index (χ0) is 22.0. The average molecular weight is 428 g/mol. The largest absolute Gasteiger partial charge is 0.390 e. The van der Waals surface area contributed by atoms with Gasteiger partial charge in [0.05, 0.1) is 35.1 Å². The lowest BCUT2D eigenvalue weighted by Crippen LogP contribution is -2.59. The molecule has 4 N–H and O–H groups in total. The molecule has 7 nitrogen and oxygen atoms in total. The van der Waals surface area contributed by atoms with E-state index in [1.807, 2.05) is 30.5 Å². The van der Waals surface area contributed by atoms with Crippen molar-refractivity contribution in [3.63, 3.8) is 0 Å². The van der Waals surface area contributed by atoms with E-state index in [9.17, 15) is 9.90 Å². The van der Waals surface area contributed by atoms with Crippen molar-refractivity contribution < 1.29 is 9.90 Å². The van der Waals surface area contributed by atoms with Crippen molar-refractivity contribution in [2.24, 2.45) is 23.5 Å². The molecule has 7 rings (SSSR count). The third-order valence-electron chi connectivity index (χ3n) is 7.76. The number of anilines is 1. The average Bonchev–Trinajstić information content (AvgIpc) is 3.20. The molecule has 2 atom stereocenters. The molecule has 2 unspecified atom stereocenters. The van der Waals surface area contributed by atoms with Crippen LogP contribution in [0.5, 0.6) is 0 Å². The van der Waals surface area contributed by atoms with Gasteiger partial charge in [-0.1, -0.05) is 18.2 Å². The van der Waals surface area contributed by atoms with Crippen LogP contribution >= 0.6 is 0 Å². The molecule has 0 radical (unpaired) electrons. The molecule has 32 heavy (non-hydrogen) atoms. The number of nitrogens with two attached hydrogens (primary N) is 1. The number of aliphatic hydroxyl groups is 1. The second kappa shape index (κ2) is 6.81. The predicted octanol–water partition coefficient (Wildman–Crippen LogP) is 4.00. The zero-order valence-electron chi connectivity index (χ0n) is 17.7. The second-order valence-corrected chi connectivity index (χ2v) is 9.88. The molecule has 7 heteroatoms. The number of fused-ring (bicyclic) bond motifs is 1. The molecular weight excluding hydrogens is 402 g/mol. The molecule has 3 aromatic rings. The normalized spacial score (nSPS) is 30.4. The van der Waals surface area contributed by atoms with Gasteiger partial charge in [-0.3, -0.25) is 4.79 Å². The van der Waals surface area contributed by atoms with Gasteiger partial charge in [0.25, 0.3) is 5.91 Å². The fourth-order valence-corrected chi connectivity index (χ4v) is 6.69. The summed E-state index contributed by atoms with van der Waals surface area (Å²) in [6.45, 7) is 7.28. The molecule has 4 fully saturated rings. The number of hydrogen-bond acceptors (Lipinski definition) is 4. The number of rotatable bonds is 4. The Morgan fingerprint density at radius 2 is 2.00 bits per heavy atom. The van der Waals surface area contributed by atoms with E-state index in [4.69, 9.17) is 12.3 Å². The summed E-state index contributed by atoms with van der Waals surface area (Å²) in [4.78, 5) is 15.8. The third kappa shape index (κ3) is 2.98. The van der Waals surface area contributed by atoms with Gasteiger partial charge >= 0.3 is 0 Å². The van der Waals surface area contributed by atoms with E-state index in [0.29, 0.717) is 34.7 Å². The molecule has 162 valence electrons. The summed E-state index contributed by atoms with van der Waals surface area (Å²) in [5.74, 6) is 0.885. The van der Waals surface area contributed by atoms with Crippen molar-refractivity contribution in [1.29, 1.82) is 0 Å². The Balaban J connectivity index is 1.42. The minimum Gasteiger partial charge on any atom is -0.390 e. The first kappa shape index (κ1) is 19.3. The Morgan fingerprint density at radius 1 is 1.22 bits per heavy atom. The highest BCUT2D eigenvalue weighted by atomic mass is 16.3. The van der Waals surface area contributed by atoms with Crippen LogP contribution in [-0.4, -0.2) is 32.3 Å². The quantitative estimate of drug-likeness (QED) is 0.548. The first-order valence-electron chi connectivity index (χ1n) is 11.2. The number of primary amides is 1. The minimum atomic E-state index is -0.511. The van der Waals surface area contributed by atoms with E-state index in [-0.39, 0.29) is 6.04 Å². The molecule has 1 aromatic carbocycles. The Morgan fingerprint density at radius 3 is 2.69 bits per heavy atom. The molecule has 2 aromatic heterocycles. The summed E-state index contributed by atoms with van der Waals surface area (Å²) in [6, 6.07) is 9.66. The molecule has 4 aliphatic carbocycles. The van der Waals surface area contributed by atoms with Gasteiger partial charge in [-0.2, -0.15) is 5.10 Å². The molecule has 0 aliphatic heterocycles. The predicted molar refractivity (Wildman–Crippen MR) is 121 cm³/mol. The van der Waals surface area contributed by atoms with Crippen LogP contribution in [0.1, 0.15) is 42.5 Å². The summed E-state index contributed by atoms with van der Waals surface area (Å²) >= 11 is 0. The van der Waals surface area contributed by atoms with Crippen LogP contribution in [-0.2, 0) is 0 Å². The molecule has 2 heterocycles. The summed E-state index contributed by atoms with van der Waals surface area (Å²) < 4.78 is 1.76. The van der Waals surface area contributed by atoms with Crippen molar-refractivity contribution in [3.8, 4) is 11.1 Å². The van der Waals surface area contributed by atoms with Gasteiger partial charge in [0.15, 0.2) is 5.69 Å². The molecule has 1 amide bonds. The number of carbonyl (C=O) groups is 1. The van der Waals surface area contributed by atoms with Crippen molar-refractivity contribution in [3.05, 3.63) is 59.7 Å². The van der Waals surface area contributed by atoms with E-state index in [2.05, 4.69) is 15.3 Å². The topological polar surface area (TPSA) is 97.0 Å². The van der Waals surface area contributed by atoms with Gasteiger partial charge in [0.1, 0.15) is 0 Å². The summed E-state index contributed by atoms with van der Waals surface area (Å²) in [7, 11) is 0. The van der Waals surface area contributed by atoms with Crippen LogP contribution in [0.15, 0.2) is 42.7 Å². The highest BCUT2D eigenvalue weighted by Crippen LogP contribution is 2.56. The third-order valence-corrected chi connectivity index (χ3v) is 7.76. The van der Waals surface area contributed by atoms with Gasteiger partial charge in [0, 0.05) is 17.8 Å². The van der Waals surface area contributed by atoms with E-state index < -0.39 is 11.5 Å². The molecule has 0 saturated heterocycles. The maximum atomic E-state index is 12.3. The Hall–Kier alpha value is -3.37. The number of benzene rings is 1. The summed E-state index contributed by atoms with van der Waals surface area (Å²) in [5.41, 5.74) is 9.53. The maximum absolute atomic E-state index is 12.3. The summed E-state index contributed by atoms with van der Waals surface area (Å²) in [5, 5.41) is 19.1. The van der Waals surface area contributed by atoms with Gasteiger partial charge in [-0.15, -0.1) is 0 Å². The van der Waals surface area contributed by atoms with Crippen molar-refractivity contribution in [2.75, 3.05) is 5.32 Å². The number of carbonyl (C=O) groups excluding carboxylic acids is 1. The SMILES string of the molecule is [C-]#[N+]c1cccc(-c2cc3c(NC4C5CC6CC4CC(O)(C6)C5)c(C(N)=O)cnn3c2)c1. The molecule has 4 aliphatic rings. The molecule has 4 saturated carbocycles. The highest BCUT2D eigenvalue weighted by Gasteiger charge is 2.54. The van der Waals surface area contributed by atoms with Crippen LogP contribution in [0, 0.1) is 24.3 Å². The number of nitrogens with one attached hydrogen (secondary N) is 1. The van der Waals surface area contributed by atoms with Gasteiger partial charge < -0.3 is 16.2 Å². The number of amides is 1. The lowest BCUT2D eigenvalue weighted by Gasteiger charge is -2.58. The first-order chi connectivity index (χ1) is 15.4. The fraction of sp³-hybridized carbons (Fsp3) is 0.400. The van der Waals surface area contributed by atoms with Crippen LogP contribution in [0.4, 0.5) is 11.4 Å². The lowest BCUT2D eigenvalue weighted by molar-refractivity contribution is -0.129. The standard InChI is InChI=1S/C25H25N5O2/c1-27-19-4-2-3-15(7-19)18-8-21-23(20(24(26)31)12-28-30(21)13-18)29-22-16-5-14-6-17(22)11-25(32,9-14)10-16/h2-4,7-8,12-14,16-17,22,29,32H,5-6,9-11H2,(H2,26,31). The molecule has 0 spiro atoms. The number of hydrogen-bond donors (Lipinski definition) is 3. The molecular formula is C25H25N5O2. The van der Waals surface area contributed by atoms with Crippen LogP contribution in [0.25, 0.3) is 21.5 Å². The highest BCUT2D eigenvalue weighted by molar-refractivity contribution is 6.02. The minimum absolute atomic E-state index is 0.208. The van der Waals surface area contributed by atoms with Gasteiger partial charge in [-0.05, 0) is 67.6 Å². The Labute approximate surface area is 186 Å². The lowest BCUT2D eigenvalue weighted by atomic mass is 9.52. The van der Waals surface area contributed by atoms with Gasteiger partial charge in [-0.25, -0.2) is 9.36 Å². The van der Waals surface area contributed by atoms with E-state index >= 15 is 0 Å². The van der Waals surface area contributed by atoms with Crippen molar-refractivity contribution in [1.82, 2.24) is 9.61 Å².